The maximum atomic E-state index is 13.8. The third-order valence-corrected chi connectivity index (χ3v) is 10.3. The zero-order valence-corrected chi connectivity index (χ0v) is 24.3. The molecule has 0 saturated heterocycles. The lowest BCUT2D eigenvalue weighted by Crippen LogP contribution is -2.51. The van der Waals surface area contributed by atoms with E-state index in [0.717, 1.165) is 43.4 Å². The van der Waals surface area contributed by atoms with Gasteiger partial charge in [-0.05, 0) is 75.8 Å². The van der Waals surface area contributed by atoms with Crippen LogP contribution in [-0.4, -0.2) is 26.2 Å². The molecule has 4 heteroatoms. The summed E-state index contributed by atoms with van der Waals surface area (Å²) in [6.45, 7) is 0. The average Bonchev–Trinajstić information content (AvgIpc) is 3.06. The summed E-state index contributed by atoms with van der Waals surface area (Å²) >= 11 is 0. The van der Waals surface area contributed by atoms with Gasteiger partial charge in [0.05, 0.1) is 26.1 Å². The Hall–Kier alpha value is -5.22. The second-order valence-corrected chi connectivity index (χ2v) is 12.2. The number of esters is 2. The van der Waals surface area contributed by atoms with Crippen LogP contribution in [0.5, 0.6) is 0 Å². The minimum absolute atomic E-state index is 0.309. The molecular weight excluding hydrogens is 544 g/mol. The van der Waals surface area contributed by atoms with Crippen molar-refractivity contribution >= 4 is 76.6 Å². The highest BCUT2D eigenvalue weighted by atomic mass is 16.5. The van der Waals surface area contributed by atoms with Crippen molar-refractivity contribution in [1.82, 2.24) is 0 Å². The minimum Gasteiger partial charge on any atom is -0.469 e. The van der Waals surface area contributed by atoms with Gasteiger partial charge in [0.1, 0.15) is 0 Å². The molecule has 0 N–H and O–H groups in total. The fourth-order valence-corrected chi connectivity index (χ4v) is 8.48. The number of hydrogen-bond donors (Lipinski definition) is 0. The molecule has 0 spiro atoms. The molecule has 0 amide bonds. The molecule has 9 rings (SSSR count). The first-order chi connectivity index (χ1) is 21.6. The first-order valence-corrected chi connectivity index (χ1v) is 15.1. The van der Waals surface area contributed by atoms with Gasteiger partial charge in [-0.2, -0.15) is 0 Å². The monoisotopic (exact) mass is 572 g/mol. The standard InChI is InChI=1S/C40H28O4/c1-43-39(41)37-35(29-19-15-25-11-9-21-5-3-7-23-13-17-27(29)33(25)31(21)23)38(40(42)44-2)36(37)30-20-16-26-12-10-22-6-4-8-24-14-18-28(30)34(26)32(22)24/h3-20,35-38H,1-2H3. The van der Waals surface area contributed by atoms with E-state index in [1.54, 1.807) is 0 Å². The maximum Gasteiger partial charge on any atom is 0.309 e. The van der Waals surface area contributed by atoms with Gasteiger partial charge in [-0.1, -0.05) is 109 Å². The van der Waals surface area contributed by atoms with Crippen molar-refractivity contribution in [2.75, 3.05) is 14.2 Å². The molecule has 8 aromatic carbocycles. The quantitative estimate of drug-likeness (QED) is 0.156. The molecular formula is C40H28O4. The van der Waals surface area contributed by atoms with E-state index in [1.807, 2.05) is 0 Å². The lowest BCUT2D eigenvalue weighted by Gasteiger charge is -2.50. The number of ether oxygens (including phenoxy) is 2. The van der Waals surface area contributed by atoms with Crippen molar-refractivity contribution < 1.29 is 19.1 Å². The molecule has 44 heavy (non-hydrogen) atoms. The smallest absolute Gasteiger partial charge is 0.309 e. The Bertz CT molecular complexity index is 2230. The number of benzene rings is 8. The third-order valence-electron chi connectivity index (χ3n) is 10.3. The van der Waals surface area contributed by atoms with E-state index in [4.69, 9.17) is 9.47 Å². The molecule has 212 valence electrons. The fraction of sp³-hybridized carbons (Fsp3) is 0.150. The first kappa shape index (κ1) is 25.3. The zero-order chi connectivity index (χ0) is 29.7. The summed E-state index contributed by atoms with van der Waals surface area (Å²) in [5.74, 6) is -2.53. The first-order valence-electron chi connectivity index (χ1n) is 15.1. The Morgan fingerprint density at radius 3 is 1.11 bits per heavy atom. The minimum atomic E-state index is -0.555. The van der Waals surface area contributed by atoms with Crippen LogP contribution in [0.2, 0.25) is 0 Å². The van der Waals surface area contributed by atoms with Crippen LogP contribution in [0.4, 0.5) is 0 Å². The molecule has 0 atom stereocenters. The van der Waals surface area contributed by atoms with Crippen LogP contribution in [-0.2, 0) is 19.1 Å². The molecule has 0 aromatic heterocycles. The number of carbonyl (C=O) groups excluding carboxylic acids is 2. The summed E-state index contributed by atoms with van der Waals surface area (Å²) in [7, 11) is 2.88. The molecule has 0 unspecified atom stereocenters. The van der Waals surface area contributed by atoms with E-state index in [0.29, 0.717) is 0 Å². The molecule has 1 saturated carbocycles. The summed E-state index contributed by atoms with van der Waals surface area (Å²) in [6, 6.07) is 38.3. The molecule has 0 aliphatic heterocycles. The highest BCUT2D eigenvalue weighted by molar-refractivity contribution is 6.25. The molecule has 0 radical (unpaired) electrons. The van der Waals surface area contributed by atoms with Crippen molar-refractivity contribution in [3.8, 4) is 0 Å². The zero-order valence-electron chi connectivity index (χ0n) is 24.3. The van der Waals surface area contributed by atoms with Gasteiger partial charge in [-0.25, -0.2) is 0 Å². The topological polar surface area (TPSA) is 52.6 Å². The van der Waals surface area contributed by atoms with Crippen LogP contribution >= 0.6 is 0 Å². The number of rotatable bonds is 4. The molecule has 8 aromatic rings. The van der Waals surface area contributed by atoms with E-state index < -0.39 is 23.7 Å². The van der Waals surface area contributed by atoms with Gasteiger partial charge in [0.25, 0.3) is 0 Å². The van der Waals surface area contributed by atoms with Crippen LogP contribution < -0.4 is 0 Å². The second-order valence-electron chi connectivity index (χ2n) is 12.2. The summed E-state index contributed by atoms with van der Waals surface area (Å²) in [6.07, 6.45) is 0. The number of methoxy groups -OCH3 is 2. The highest BCUT2D eigenvalue weighted by Crippen LogP contribution is 2.61. The predicted molar refractivity (Wildman–Crippen MR) is 177 cm³/mol. The Morgan fingerprint density at radius 2 is 0.750 bits per heavy atom. The van der Waals surface area contributed by atoms with Crippen molar-refractivity contribution in [3.63, 3.8) is 0 Å². The summed E-state index contributed by atoms with van der Waals surface area (Å²) in [5, 5.41) is 13.8. The largest absolute Gasteiger partial charge is 0.469 e. The van der Waals surface area contributed by atoms with Crippen molar-refractivity contribution in [3.05, 3.63) is 120 Å². The number of carbonyl (C=O) groups is 2. The Morgan fingerprint density at radius 1 is 0.432 bits per heavy atom. The molecule has 1 aliphatic carbocycles. The summed E-state index contributed by atoms with van der Waals surface area (Å²) < 4.78 is 11.0. The normalized spacial score (nSPS) is 20.2. The van der Waals surface area contributed by atoms with Crippen LogP contribution in [0, 0.1) is 11.8 Å². The van der Waals surface area contributed by atoms with Gasteiger partial charge in [0.15, 0.2) is 0 Å². The highest BCUT2D eigenvalue weighted by Gasteiger charge is 2.60. The van der Waals surface area contributed by atoms with Gasteiger partial charge in [-0.3, -0.25) is 9.59 Å². The molecule has 4 nitrogen and oxygen atoms in total. The van der Waals surface area contributed by atoms with E-state index >= 15 is 0 Å². The molecule has 0 heterocycles. The fourth-order valence-electron chi connectivity index (χ4n) is 8.48. The van der Waals surface area contributed by atoms with E-state index in [-0.39, 0.29) is 11.9 Å². The van der Waals surface area contributed by atoms with Gasteiger partial charge in [-0.15, -0.1) is 0 Å². The molecule has 1 fully saturated rings. The predicted octanol–water partition coefficient (Wildman–Crippen LogP) is 8.94. The lowest BCUT2D eigenvalue weighted by molar-refractivity contribution is -0.164. The van der Waals surface area contributed by atoms with Gasteiger partial charge >= 0.3 is 11.9 Å². The molecule has 1 aliphatic rings. The van der Waals surface area contributed by atoms with E-state index in [9.17, 15) is 9.59 Å². The van der Waals surface area contributed by atoms with Gasteiger partial charge in [0, 0.05) is 11.8 Å². The Labute approximate surface area is 253 Å². The van der Waals surface area contributed by atoms with Crippen LogP contribution in [0.1, 0.15) is 23.0 Å². The molecule has 0 bridgehead atoms. The lowest BCUT2D eigenvalue weighted by atomic mass is 9.51. The van der Waals surface area contributed by atoms with Crippen LogP contribution in [0.25, 0.3) is 64.6 Å². The van der Waals surface area contributed by atoms with Gasteiger partial charge in [0.2, 0.25) is 0 Å². The maximum absolute atomic E-state index is 13.8. The summed E-state index contributed by atoms with van der Waals surface area (Å²) in [5.41, 5.74) is 1.96. The van der Waals surface area contributed by atoms with Crippen LogP contribution in [0.3, 0.4) is 0 Å². The second kappa shape index (κ2) is 9.14. The number of hydrogen-bond acceptors (Lipinski definition) is 4. The van der Waals surface area contributed by atoms with E-state index in [2.05, 4.69) is 109 Å². The van der Waals surface area contributed by atoms with Crippen LogP contribution in [0.15, 0.2) is 109 Å². The SMILES string of the molecule is COC(=O)C1C(c2ccc3ccc4cccc5ccc2c3c45)C(C(=O)OC)C1c1ccc2ccc3cccc4ccc1c2c34. The van der Waals surface area contributed by atoms with E-state index in [1.165, 1.54) is 46.5 Å². The Balaban J connectivity index is 1.30. The van der Waals surface area contributed by atoms with Crippen molar-refractivity contribution in [2.24, 2.45) is 11.8 Å². The van der Waals surface area contributed by atoms with Crippen molar-refractivity contribution in [1.29, 1.82) is 0 Å². The third kappa shape index (κ3) is 3.23. The van der Waals surface area contributed by atoms with Crippen molar-refractivity contribution in [2.45, 2.75) is 11.8 Å². The van der Waals surface area contributed by atoms with Gasteiger partial charge < -0.3 is 9.47 Å². The summed E-state index contributed by atoms with van der Waals surface area (Å²) in [4.78, 5) is 27.6. The Kier molecular flexibility index (Phi) is 5.25. The average molecular weight is 573 g/mol.